The van der Waals surface area contributed by atoms with Gasteiger partial charge in [-0.1, -0.05) is 30.0 Å². The SMILES string of the molecule is COC(=O)CCSc1cnc(N)c(Sc2ccccc2)c1. The fourth-order valence-corrected chi connectivity index (χ4v) is 3.37. The largest absolute Gasteiger partial charge is 0.469 e. The number of carbonyl (C=O) groups excluding carboxylic acids is 1. The molecule has 0 amide bonds. The van der Waals surface area contributed by atoms with Crippen LogP contribution in [0.5, 0.6) is 0 Å². The number of benzene rings is 1. The number of carbonyl (C=O) groups is 1. The van der Waals surface area contributed by atoms with Crippen molar-refractivity contribution in [3.63, 3.8) is 0 Å². The van der Waals surface area contributed by atoms with E-state index in [0.717, 1.165) is 14.7 Å². The van der Waals surface area contributed by atoms with Gasteiger partial charge in [-0.05, 0) is 18.2 Å². The molecule has 0 unspecified atom stereocenters. The first-order chi connectivity index (χ1) is 10.2. The zero-order valence-electron chi connectivity index (χ0n) is 11.6. The molecule has 0 aliphatic heterocycles. The Morgan fingerprint density at radius 3 is 2.76 bits per heavy atom. The Kier molecular flexibility index (Phi) is 5.95. The molecule has 0 radical (unpaired) electrons. The van der Waals surface area contributed by atoms with Crippen LogP contribution in [0.1, 0.15) is 6.42 Å². The number of hydrogen-bond acceptors (Lipinski definition) is 6. The minimum atomic E-state index is -0.204. The summed E-state index contributed by atoms with van der Waals surface area (Å²) in [6.45, 7) is 0. The lowest BCUT2D eigenvalue weighted by atomic mass is 10.4. The van der Waals surface area contributed by atoms with Gasteiger partial charge in [0.2, 0.25) is 0 Å². The van der Waals surface area contributed by atoms with Gasteiger partial charge in [0.25, 0.3) is 0 Å². The molecule has 0 saturated heterocycles. The molecule has 4 nitrogen and oxygen atoms in total. The lowest BCUT2D eigenvalue weighted by Gasteiger charge is -2.07. The summed E-state index contributed by atoms with van der Waals surface area (Å²) in [5.41, 5.74) is 5.92. The molecule has 2 aromatic rings. The number of aromatic nitrogens is 1. The van der Waals surface area contributed by atoms with Crippen LogP contribution < -0.4 is 5.73 Å². The van der Waals surface area contributed by atoms with Crippen LogP contribution in [0.25, 0.3) is 0 Å². The van der Waals surface area contributed by atoms with Crippen molar-refractivity contribution < 1.29 is 9.53 Å². The fourth-order valence-electron chi connectivity index (χ4n) is 1.57. The number of methoxy groups -OCH3 is 1. The van der Waals surface area contributed by atoms with Crippen molar-refractivity contribution >= 4 is 35.3 Å². The molecular weight excluding hydrogens is 304 g/mol. The van der Waals surface area contributed by atoms with Gasteiger partial charge in [-0.25, -0.2) is 4.98 Å². The van der Waals surface area contributed by atoms with Crippen LogP contribution in [-0.4, -0.2) is 23.8 Å². The summed E-state index contributed by atoms with van der Waals surface area (Å²) >= 11 is 3.15. The molecule has 1 aromatic heterocycles. The molecule has 1 heterocycles. The number of esters is 1. The van der Waals surface area contributed by atoms with E-state index in [1.54, 1.807) is 29.7 Å². The molecule has 2 N–H and O–H groups in total. The van der Waals surface area contributed by atoms with Gasteiger partial charge in [-0.3, -0.25) is 4.79 Å². The van der Waals surface area contributed by atoms with E-state index in [2.05, 4.69) is 9.72 Å². The second kappa shape index (κ2) is 7.95. The van der Waals surface area contributed by atoms with E-state index in [0.29, 0.717) is 18.0 Å². The molecule has 0 fully saturated rings. The molecule has 2 rings (SSSR count). The first-order valence-corrected chi connectivity index (χ1v) is 8.17. The highest BCUT2D eigenvalue weighted by atomic mass is 32.2. The topological polar surface area (TPSA) is 65.2 Å². The van der Waals surface area contributed by atoms with Gasteiger partial charge >= 0.3 is 5.97 Å². The zero-order chi connectivity index (χ0) is 15.1. The third-order valence-electron chi connectivity index (χ3n) is 2.63. The Morgan fingerprint density at radius 1 is 1.29 bits per heavy atom. The van der Waals surface area contributed by atoms with Gasteiger partial charge < -0.3 is 10.5 Å². The maximum Gasteiger partial charge on any atom is 0.306 e. The molecule has 110 valence electrons. The summed E-state index contributed by atoms with van der Waals surface area (Å²) in [6.07, 6.45) is 2.11. The van der Waals surface area contributed by atoms with Crippen LogP contribution >= 0.6 is 23.5 Å². The molecule has 0 aliphatic rings. The van der Waals surface area contributed by atoms with Gasteiger partial charge in [-0.15, -0.1) is 11.8 Å². The summed E-state index contributed by atoms with van der Waals surface area (Å²) in [6, 6.07) is 12.0. The number of nitrogens with zero attached hydrogens (tertiary/aromatic N) is 1. The van der Waals surface area contributed by atoms with Gasteiger partial charge in [-0.2, -0.15) is 0 Å². The van der Waals surface area contributed by atoms with E-state index in [9.17, 15) is 4.79 Å². The Labute approximate surface area is 132 Å². The number of nitrogens with two attached hydrogens (primary N) is 1. The summed E-state index contributed by atoms with van der Waals surface area (Å²) in [7, 11) is 1.40. The Hall–Kier alpha value is -1.66. The highest BCUT2D eigenvalue weighted by Gasteiger charge is 2.07. The average molecular weight is 320 g/mol. The van der Waals surface area contributed by atoms with E-state index in [1.165, 1.54) is 7.11 Å². The third-order valence-corrected chi connectivity index (χ3v) is 4.65. The number of pyridine rings is 1. The molecule has 0 spiro atoms. The van der Waals surface area contributed by atoms with E-state index < -0.39 is 0 Å². The number of ether oxygens (including phenoxy) is 1. The monoisotopic (exact) mass is 320 g/mol. The number of anilines is 1. The molecule has 21 heavy (non-hydrogen) atoms. The van der Waals surface area contributed by atoms with Crippen LogP contribution in [0.3, 0.4) is 0 Å². The maximum atomic E-state index is 11.1. The van der Waals surface area contributed by atoms with Crippen LogP contribution in [0.2, 0.25) is 0 Å². The van der Waals surface area contributed by atoms with Crippen LogP contribution in [0, 0.1) is 0 Å². The van der Waals surface area contributed by atoms with E-state index in [-0.39, 0.29) is 5.97 Å². The van der Waals surface area contributed by atoms with E-state index >= 15 is 0 Å². The molecule has 0 saturated carbocycles. The van der Waals surface area contributed by atoms with Gasteiger partial charge in [0.05, 0.1) is 18.4 Å². The lowest BCUT2D eigenvalue weighted by Crippen LogP contribution is -2.01. The number of rotatable bonds is 6. The van der Waals surface area contributed by atoms with Crippen molar-refractivity contribution in [2.45, 2.75) is 21.1 Å². The van der Waals surface area contributed by atoms with Crippen LogP contribution in [-0.2, 0) is 9.53 Å². The Bertz CT molecular complexity index is 606. The second-order valence-corrected chi connectivity index (χ2v) is 6.43. The summed E-state index contributed by atoms with van der Waals surface area (Å²) in [4.78, 5) is 18.3. The summed E-state index contributed by atoms with van der Waals surface area (Å²) < 4.78 is 4.62. The molecule has 0 bridgehead atoms. The normalized spacial score (nSPS) is 10.3. The number of nitrogen functional groups attached to an aromatic ring is 1. The van der Waals surface area contributed by atoms with Gasteiger partial charge in [0.1, 0.15) is 5.82 Å². The number of hydrogen-bond donors (Lipinski definition) is 1. The third kappa shape index (κ3) is 4.99. The maximum absolute atomic E-state index is 11.1. The van der Waals surface area contributed by atoms with Crippen molar-refractivity contribution in [2.75, 3.05) is 18.6 Å². The highest BCUT2D eigenvalue weighted by molar-refractivity contribution is 8.00. The standard InChI is InChI=1S/C15H16N2O2S2/c1-19-14(18)7-8-20-12-9-13(15(16)17-10-12)21-11-5-3-2-4-6-11/h2-6,9-10H,7-8H2,1H3,(H2,16,17). The van der Waals surface area contributed by atoms with Crippen LogP contribution in [0.15, 0.2) is 57.3 Å². The number of thioether (sulfide) groups is 1. The minimum absolute atomic E-state index is 0.204. The summed E-state index contributed by atoms with van der Waals surface area (Å²) in [5, 5.41) is 0. The zero-order valence-corrected chi connectivity index (χ0v) is 13.2. The van der Waals surface area contributed by atoms with Crippen LogP contribution in [0.4, 0.5) is 5.82 Å². The lowest BCUT2D eigenvalue weighted by molar-refractivity contribution is -0.140. The molecule has 1 aromatic carbocycles. The average Bonchev–Trinajstić information content (AvgIpc) is 2.51. The van der Waals surface area contributed by atoms with E-state index in [1.807, 2.05) is 36.4 Å². The van der Waals surface area contributed by atoms with Crippen molar-refractivity contribution in [3.8, 4) is 0 Å². The first-order valence-electron chi connectivity index (χ1n) is 6.37. The smallest absolute Gasteiger partial charge is 0.306 e. The Morgan fingerprint density at radius 2 is 2.05 bits per heavy atom. The van der Waals surface area contributed by atoms with Gasteiger partial charge in [0.15, 0.2) is 0 Å². The molecule has 0 atom stereocenters. The predicted octanol–water partition coefficient (Wildman–Crippen LogP) is 3.47. The fraction of sp³-hybridized carbons (Fsp3) is 0.200. The minimum Gasteiger partial charge on any atom is -0.469 e. The first kappa shape index (κ1) is 15.7. The Balaban J connectivity index is 2.01. The van der Waals surface area contributed by atoms with Crippen molar-refractivity contribution in [2.24, 2.45) is 0 Å². The van der Waals surface area contributed by atoms with Gasteiger partial charge in [0, 0.05) is 21.7 Å². The summed E-state index contributed by atoms with van der Waals surface area (Å²) in [5.74, 6) is 0.972. The second-order valence-electron chi connectivity index (χ2n) is 4.14. The van der Waals surface area contributed by atoms with Crippen molar-refractivity contribution in [3.05, 3.63) is 42.6 Å². The molecule has 6 heteroatoms. The quantitative estimate of drug-likeness (QED) is 0.649. The molecular formula is C15H16N2O2S2. The predicted molar refractivity (Wildman–Crippen MR) is 86.6 cm³/mol. The van der Waals surface area contributed by atoms with E-state index in [4.69, 9.17) is 5.73 Å². The molecule has 0 aliphatic carbocycles. The van der Waals surface area contributed by atoms with Crippen molar-refractivity contribution in [1.29, 1.82) is 0 Å². The highest BCUT2D eigenvalue weighted by Crippen LogP contribution is 2.33. The van der Waals surface area contributed by atoms with Crippen molar-refractivity contribution in [1.82, 2.24) is 4.98 Å².